The summed E-state index contributed by atoms with van der Waals surface area (Å²) < 4.78 is 0. The molecule has 0 aliphatic carbocycles. The van der Waals surface area contributed by atoms with Gasteiger partial charge >= 0.3 is 11.8 Å². The van der Waals surface area contributed by atoms with Gasteiger partial charge in [-0.3, -0.25) is 9.59 Å². The molecule has 0 spiro atoms. The van der Waals surface area contributed by atoms with E-state index in [-0.39, 0.29) is 0 Å². The molecule has 20 heavy (non-hydrogen) atoms. The quantitative estimate of drug-likeness (QED) is 0.526. The Labute approximate surface area is 127 Å². The SMILES string of the molecule is CCN(CC)C(=O)C(=O)N/N=C\c1cccc(Cl)c1Cl. The lowest BCUT2D eigenvalue weighted by molar-refractivity contribution is -0.145. The summed E-state index contributed by atoms with van der Waals surface area (Å²) in [6, 6.07) is 5.04. The average Bonchev–Trinajstić information content (AvgIpc) is 2.44. The zero-order valence-electron chi connectivity index (χ0n) is 11.2. The Bertz CT molecular complexity index is 528. The Kier molecular flexibility index (Phi) is 6.48. The van der Waals surface area contributed by atoms with Crippen LogP contribution in [0.4, 0.5) is 0 Å². The van der Waals surface area contributed by atoms with E-state index >= 15 is 0 Å². The van der Waals surface area contributed by atoms with Crippen LogP contribution in [-0.4, -0.2) is 36.0 Å². The molecule has 2 amide bonds. The molecule has 1 aromatic rings. The molecular weight excluding hydrogens is 301 g/mol. The van der Waals surface area contributed by atoms with Crippen molar-refractivity contribution >= 4 is 41.2 Å². The number of nitrogens with one attached hydrogen (secondary N) is 1. The van der Waals surface area contributed by atoms with Crippen molar-refractivity contribution in [3.8, 4) is 0 Å². The first kappa shape index (κ1) is 16.5. The van der Waals surface area contributed by atoms with E-state index in [1.807, 2.05) is 0 Å². The number of hydrogen-bond donors (Lipinski definition) is 1. The number of nitrogens with zero attached hydrogens (tertiary/aromatic N) is 2. The molecule has 0 atom stereocenters. The van der Waals surface area contributed by atoms with Gasteiger partial charge in [0.1, 0.15) is 0 Å². The molecule has 0 bridgehead atoms. The van der Waals surface area contributed by atoms with Gasteiger partial charge in [-0.15, -0.1) is 0 Å². The summed E-state index contributed by atoms with van der Waals surface area (Å²) in [4.78, 5) is 24.6. The van der Waals surface area contributed by atoms with Crippen LogP contribution in [0, 0.1) is 0 Å². The van der Waals surface area contributed by atoms with Crippen LogP contribution in [-0.2, 0) is 9.59 Å². The predicted molar refractivity (Wildman–Crippen MR) is 80.1 cm³/mol. The monoisotopic (exact) mass is 315 g/mol. The molecule has 1 aromatic carbocycles. The first-order valence-electron chi connectivity index (χ1n) is 6.07. The average molecular weight is 316 g/mol. The third kappa shape index (κ3) is 4.21. The van der Waals surface area contributed by atoms with Crippen molar-refractivity contribution in [2.24, 2.45) is 5.10 Å². The lowest BCUT2D eigenvalue weighted by Gasteiger charge is -2.16. The molecule has 0 saturated carbocycles. The Morgan fingerprint density at radius 2 is 1.95 bits per heavy atom. The Morgan fingerprint density at radius 1 is 1.30 bits per heavy atom. The number of hydrazone groups is 1. The molecular formula is C13H15Cl2N3O2. The van der Waals surface area contributed by atoms with Gasteiger partial charge < -0.3 is 4.90 Å². The van der Waals surface area contributed by atoms with E-state index < -0.39 is 11.8 Å². The fourth-order valence-electron chi connectivity index (χ4n) is 1.48. The lowest BCUT2D eigenvalue weighted by Crippen LogP contribution is -2.41. The molecule has 0 radical (unpaired) electrons. The van der Waals surface area contributed by atoms with Crippen LogP contribution >= 0.6 is 23.2 Å². The van der Waals surface area contributed by atoms with Gasteiger partial charge in [0.15, 0.2) is 0 Å². The zero-order valence-corrected chi connectivity index (χ0v) is 12.7. The van der Waals surface area contributed by atoms with Crippen LogP contribution in [0.25, 0.3) is 0 Å². The standard InChI is InChI=1S/C13H15Cl2N3O2/c1-3-18(4-2)13(20)12(19)17-16-8-9-6-5-7-10(14)11(9)15/h5-8H,3-4H2,1-2H3,(H,17,19)/b16-8-. The van der Waals surface area contributed by atoms with Crippen LogP contribution in [0.2, 0.25) is 10.0 Å². The highest BCUT2D eigenvalue weighted by atomic mass is 35.5. The molecule has 1 rings (SSSR count). The maximum absolute atomic E-state index is 11.7. The van der Waals surface area contributed by atoms with Crippen LogP contribution in [0.3, 0.4) is 0 Å². The van der Waals surface area contributed by atoms with Crippen molar-refractivity contribution in [3.63, 3.8) is 0 Å². The van der Waals surface area contributed by atoms with Gasteiger partial charge in [-0.2, -0.15) is 5.10 Å². The number of hydrogen-bond acceptors (Lipinski definition) is 3. The highest BCUT2D eigenvalue weighted by molar-refractivity contribution is 6.43. The second-order valence-electron chi connectivity index (χ2n) is 3.82. The fourth-order valence-corrected chi connectivity index (χ4v) is 1.84. The largest absolute Gasteiger partial charge is 0.335 e. The van der Waals surface area contributed by atoms with Gasteiger partial charge in [0.25, 0.3) is 0 Å². The number of carbonyl (C=O) groups excluding carboxylic acids is 2. The van der Waals surface area contributed by atoms with Crippen molar-refractivity contribution in [1.29, 1.82) is 0 Å². The van der Waals surface area contributed by atoms with Gasteiger partial charge in [0.05, 0.1) is 16.3 Å². The number of halogens is 2. The van der Waals surface area contributed by atoms with Crippen LogP contribution in [0.15, 0.2) is 23.3 Å². The molecule has 0 fully saturated rings. The minimum atomic E-state index is -0.789. The summed E-state index contributed by atoms with van der Waals surface area (Å²) in [5.74, 6) is -1.41. The van der Waals surface area contributed by atoms with Gasteiger partial charge in [-0.1, -0.05) is 35.3 Å². The normalized spacial score (nSPS) is 10.6. The summed E-state index contributed by atoms with van der Waals surface area (Å²) in [6.07, 6.45) is 1.33. The predicted octanol–water partition coefficient (Wildman–Crippen LogP) is 2.31. The van der Waals surface area contributed by atoms with Crippen LogP contribution in [0.1, 0.15) is 19.4 Å². The van der Waals surface area contributed by atoms with Gasteiger partial charge in [0, 0.05) is 18.7 Å². The number of likely N-dealkylation sites (N-methyl/N-ethyl adjacent to an activating group) is 1. The molecule has 0 unspecified atom stereocenters. The van der Waals surface area contributed by atoms with Crippen molar-refractivity contribution in [1.82, 2.24) is 10.3 Å². The Morgan fingerprint density at radius 3 is 2.55 bits per heavy atom. The molecule has 0 aromatic heterocycles. The zero-order chi connectivity index (χ0) is 15.1. The van der Waals surface area contributed by atoms with E-state index in [9.17, 15) is 9.59 Å². The van der Waals surface area contributed by atoms with Crippen molar-refractivity contribution < 1.29 is 9.59 Å². The molecule has 0 saturated heterocycles. The summed E-state index contributed by atoms with van der Waals surface area (Å²) in [7, 11) is 0. The molecule has 0 aliphatic heterocycles. The topological polar surface area (TPSA) is 61.8 Å². The van der Waals surface area contributed by atoms with Crippen LogP contribution < -0.4 is 5.43 Å². The minimum Gasteiger partial charge on any atom is -0.335 e. The molecule has 0 heterocycles. The third-order valence-electron chi connectivity index (χ3n) is 2.60. The maximum Gasteiger partial charge on any atom is 0.329 e. The van der Waals surface area contributed by atoms with E-state index in [1.54, 1.807) is 32.0 Å². The van der Waals surface area contributed by atoms with Gasteiger partial charge in [0.2, 0.25) is 0 Å². The smallest absolute Gasteiger partial charge is 0.329 e. The Hall–Kier alpha value is -1.59. The van der Waals surface area contributed by atoms with Gasteiger partial charge in [-0.05, 0) is 19.9 Å². The summed E-state index contributed by atoms with van der Waals surface area (Å²) in [5, 5.41) is 4.43. The second-order valence-corrected chi connectivity index (χ2v) is 4.60. The van der Waals surface area contributed by atoms with Crippen LogP contribution in [0.5, 0.6) is 0 Å². The second kappa shape index (κ2) is 7.87. The summed E-state index contributed by atoms with van der Waals surface area (Å²) in [6.45, 7) is 4.52. The third-order valence-corrected chi connectivity index (χ3v) is 3.43. The van der Waals surface area contributed by atoms with E-state index in [4.69, 9.17) is 23.2 Å². The number of rotatable bonds is 4. The summed E-state index contributed by atoms with van der Waals surface area (Å²) >= 11 is 11.8. The molecule has 108 valence electrons. The summed E-state index contributed by atoms with van der Waals surface area (Å²) in [5.41, 5.74) is 2.71. The highest BCUT2D eigenvalue weighted by Gasteiger charge is 2.18. The lowest BCUT2D eigenvalue weighted by atomic mass is 10.2. The fraction of sp³-hybridized carbons (Fsp3) is 0.308. The van der Waals surface area contributed by atoms with E-state index in [0.29, 0.717) is 28.7 Å². The first-order chi connectivity index (χ1) is 9.51. The molecule has 1 N–H and O–H groups in total. The van der Waals surface area contributed by atoms with E-state index in [2.05, 4.69) is 10.5 Å². The highest BCUT2D eigenvalue weighted by Crippen LogP contribution is 2.23. The number of carbonyl (C=O) groups is 2. The molecule has 0 aliphatic rings. The van der Waals surface area contributed by atoms with E-state index in [0.717, 1.165) is 0 Å². The minimum absolute atomic E-state index is 0.335. The van der Waals surface area contributed by atoms with E-state index in [1.165, 1.54) is 11.1 Å². The number of amides is 2. The molecule has 7 heteroatoms. The Balaban J connectivity index is 2.67. The first-order valence-corrected chi connectivity index (χ1v) is 6.83. The van der Waals surface area contributed by atoms with Gasteiger partial charge in [-0.25, -0.2) is 5.43 Å². The number of benzene rings is 1. The maximum atomic E-state index is 11.7. The van der Waals surface area contributed by atoms with Crippen molar-refractivity contribution in [3.05, 3.63) is 33.8 Å². The van der Waals surface area contributed by atoms with Crippen molar-refractivity contribution in [2.45, 2.75) is 13.8 Å². The van der Waals surface area contributed by atoms with Crippen molar-refractivity contribution in [2.75, 3.05) is 13.1 Å². The molecule has 5 nitrogen and oxygen atoms in total.